The van der Waals surface area contributed by atoms with E-state index < -0.39 is 67.2 Å². The fourth-order valence-electron chi connectivity index (χ4n) is 2.76. The standard InChI is InChI=1S/C19H25N3O10/c1-9(25)21-12(6-23)17(16(28)13(26)7-24)32-8-14(27)22-11-4-2-3-10(5-11)15(18(20)29)19(30)31/h2-6,12-13,15-17,24,26,28H,7-8H2,1H3,(H2,20,29)(H,21,25)(H,22,27)(H,30,31)/t12-,13+,15?,16+,17+/m0/s1. The summed E-state index contributed by atoms with van der Waals surface area (Å²) in [7, 11) is 0. The van der Waals surface area contributed by atoms with Crippen LogP contribution in [0.4, 0.5) is 5.69 Å². The number of hydrogen-bond donors (Lipinski definition) is 7. The van der Waals surface area contributed by atoms with Gasteiger partial charge < -0.3 is 46.3 Å². The highest BCUT2D eigenvalue weighted by Gasteiger charge is 2.34. The highest BCUT2D eigenvalue weighted by atomic mass is 16.5. The summed E-state index contributed by atoms with van der Waals surface area (Å²) in [6.07, 6.45) is -4.90. The first-order valence-electron chi connectivity index (χ1n) is 9.24. The molecule has 13 nitrogen and oxygen atoms in total. The van der Waals surface area contributed by atoms with Gasteiger partial charge in [-0.2, -0.15) is 0 Å². The van der Waals surface area contributed by atoms with E-state index in [1.165, 1.54) is 24.3 Å². The second-order valence-electron chi connectivity index (χ2n) is 6.73. The topological polar surface area (TPSA) is 226 Å². The minimum atomic E-state index is -1.83. The van der Waals surface area contributed by atoms with Gasteiger partial charge in [0, 0.05) is 12.6 Å². The van der Waals surface area contributed by atoms with Crippen LogP contribution in [-0.2, 0) is 28.7 Å². The maximum Gasteiger partial charge on any atom is 0.320 e. The van der Waals surface area contributed by atoms with Crippen LogP contribution in [0.25, 0.3) is 0 Å². The van der Waals surface area contributed by atoms with E-state index in [0.29, 0.717) is 0 Å². The zero-order chi connectivity index (χ0) is 24.4. The van der Waals surface area contributed by atoms with Crippen LogP contribution in [0.1, 0.15) is 18.4 Å². The Labute approximate surface area is 182 Å². The van der Waals surface area contributed by atoms with Crippen LogP contribution in [0.5, 0.6) is 0 Å². The molecule has 0 saturated carbocycles. The fraction of sp³-hybridized carbons (Fsp3) is 0.421. The van der Waals surface area contributed by atoms with Gasteiger partial charge in [0.1, 0.15) is 37.2 Å². The first kappa shape index (κ1) is 26.6. The minimum Gasteiger partial charge on any atom is -0.480 e. The highest BCUT2D eigenvalue weighted by molar-refractivity contribution is 6.02. The SMILES string of the molecule is CC(=O)N[C@@H](C=O)[C@@H](OCC(=O)Nc1cccc(C(C(N)=O)C(=O)O)c1)[C@H](O)[C@H](O)CO. The molecular formula is C19H25N3O10. The van der Waals surface area contributed by atoms with E-state index in [9.17, 15) is 34.2 Å². The van der Waals surface area contributed by atoms with Gasteiger partial charge in [0.2, 0.25) is 17.7 Å². The van der Waals surface area contributed by atoms with E-state index in [2.05, 4.69) is 10.6 Å². The number of nitrogens with one attached hydrogen (secondary N) is 2. The fourth-order valence-corrected chi connectivity index (χ4v) is 2.76. The summed E-state index contributed by atoms with van der Waals surface area (Å²) >= 11 is 0. The summed E-state index contributed by atoms with van der Waals surface area (Å²) in [5.74, 6) is -5.65. The Balaban J connectivity index is 2.94. The van der Waals surface area contributed by atoms with E-state index in [1.807, 2.05) is 0 Å². The second kappa shape index (κ2) is 12.5. The maximum absolute atomic E-state index is 12.2. The Morgan fingerprint density at radius 1 is 1.22 bits per heavy atom. The third-order valence-electron chi connectivity index (χ3n) is 4.23. The number of hydrogen-bond acceptors (Lipinski definition) is 9. The number of aldehydes is 1. The third-order valence-corrected chi connectivity index (χ3v) is 4.23. The van der Waals surface area contributed by atoms with Crippen molar-refractivity contribution < 1.29 is 49.1 Å². The van der Waals surface area contributed by atoms with Gasteiger partial charge in [-0.25, -0.2) is 0 Å². The molecule has 176 valence electrons. The van der Waals surface area contributed by atoms with Gasteiger partial charge in [0.25, 0.3) is 0 Å². The Bertz CT molecular complexity index is 832. The van der Waals surface area contributed by atoms with Crippen LogP contribution in [0.15, 0.2) is 24.3 Å². The Morgan fingerprint density at radius 3 is 2.38 bits per heavy atom. The molecule has 0 aliphatic rings. The average molecular weight is 455 g/mol. The van der Waals surface area contributed by atoms with Crippen LogP contribution in [0, 0.1) is 0 Å². The lowest BCUT2D eigenvalue weighted by Crippen LogP contribution is -2.54. The van der Waals surface area contributed by atoms with Crippen molar-refractivity contribution in [3.05, 3.63) is 29.8 Å². The van der Waals surface area contributed by atoms with E-state index in [0.717, 1.165) is 6.92 Å². The van der Waals surface area contributed by atoms with Crippen LogP contribution in [0.3, 0.4) is 0 Å². The monoisotopic (exact) mass is 455 g/mol. The predicted molar refractivity (Wildman–Crippen MR) is 107 cm³/mol. The highest BCUT2D eigenvalue weighted by Crippen LogP contribution is 2.20. The average Bonchev–Trinajstić information content (AvgIpc) is 2.71. The quantitative estimate of drug-likeness (QED) is 0.118. The number of benzene rings is 1. The summed E-state index contributed by atoms with van der Waals surface area (Å²) in [6.45, 7) is -0.541. The van der Waals surface area contributed by atoms with Gasteiger partial charge in [-0.05, 0) is 17.7 Å². The number of rotatable bonds is 13. The largest absolute Gasteiger partial charge is 0.480 e. The van der Waals surface area contributed by atoms with E-state index in [-0.39, 0.29) is 17.5 Å². The number of carbonyl (C=O) groups excluding carboxylic acids is 4. The minimum absolute atomic E-state index is 0.0229. The van der Waals surface area contributed by atoms with Gasteiger partial charge in [-0.15, -0.1) is 0 Å². The molecule has 1 aromatic rings. The number of carboxylic acid groups (broad SMARTS) is 1. The smallest absolute Gasteiger partial charge is 0.320 e. The number of ether oxygens (including phenoxy) is 1. The van der Waals surface area contributed by atoms with Crippen molar-refractivity contribution in [2.45, 2.75) is 37.2 Å². The van der Waals surface area contributed by atoms with E-state index in [4.69, 9.17) is 20.7 Å². The lowest BCUT2D eigenvalue weighted by Gasteiger charge is -2.30. The molecular weight excluding hydrogens is 430 g/mol. The number of aliphatic hydroxyl groups excluding tert-OH is 3. The number of aliphatic hydroxyl groups is 3. The lowest BCUT2D eigenvalue weighted by atomic mass is 9.98. The molecule has 3 amide bonds. The molecule has 0 aliphatic heterocycles. The molecule has 0 fully saturated rings. The molecule has 1 aromatic carbocycles. The third kappa shape index (κ3) is 7.70. The van der Waals surface area contributed by atoms with Gasteiger partial charge in [0.15, 0.2) is 5.92 Å². The molecule has 13 heteroatoms. The van der Waals surface area contributed by atoms with E-state index in [1.54, 1.807) is 0 Å². The molecule has 0 heterocycles. The van der Waals surface area contributed by atoms with Crippen LogP contribution in [-0.4, -0.2) is 88.0 Å². The normalized spacial score (nSPS) is 15.5. The van der Waals surface area contributed by atoms with Crippen molar-refractivity contribution in [3.63, 3.8) is 0 Å². The number of carbonyl (C=O) groups is 5. The Hall–Kier alpha value is -3.39. The predicted octanol–water partition coefficient (Wildman–Crippen LogP) is -2.92. The first-order valence-corrected chi connectivity index (χ1v) is 9.24. The van der Waals surface area contributed by atoms with Gasteiger partial charge >= 0.3 is 5.97 Å². The van der Waals surface area contributed by atoms with Crippen molar-refractivity contribution in [3.8, 4) is 0 Å². The molecule has 0 radical (unpaired) electrons. The molecule has 0 saturated heterocycles. The summed E-state index contributed by atoms with van der Waals surface area (Å²) in [5.41, 5.74) is 5.22. The number of nitrogens with two attached hydrogens (primary N) is 1. The number of primary amides is 1. The van der Waals surface area contributed by atoms with Crippen molar-refractivity contribution in [1.29, 1.82) is 0 Å². The zero-order valence-corrected chi connectivity index (χ0v) is 17.0. The van der Waals surface area contributed by atoms with Crippen LogP contribution in [0.2, 0.25) is 0 Å². The maximum atomic E-state index is 12.2. The molecule has 0 bridgehead atoms. The molecule has 0 spiro atoms. The first-order chi connectivity index (χ1) is 15.0. The zero-order valence-electron chi connectivity index (χ0n) is 17.0. The van der Waals surface area contributed by atoms with Crippen molar-refractivity contribution in [2.24, 2.45) is 5.73 Å². The summed E-state index contributed by atoms with van der Waals surface area (Å²) in [6, 6.07) is 3.89. The van der Waals surface area contributed by atoms with Gasteiger partial charge in [0.05, 0.1) is 6.61 Å². The number of carboxylic acids is 1. The Morgan fingerprint density at radius 2 is 1.88 bits per heavy atom. The van der Waals surface area contributed by atoms with Crippen molar-refractivity contribution >= 4 is 35.7 Å². The molecule has 0 aliphatic carbocycles. The summed E-state index contributed by atoms with van der Waals surface area (Å²) in [4.78, 5) is 57.4. The number of aliphatic carboxylic acids is 1. The van der Waals surface area contributed by atoms with Crippen LogP contribution >= 0.6 is 0 Å². The molecule has 1 unspecified atom stereocenters. The molecule has 32 heavy (non-hydrogen) atoms. The number of amides is 3. The summed E-state index contributed by atoms with van der Waals surface area (Å²) < 4.78 is 5.22. The van der Waals surface area contributed by atoms with Gasteiger partial charge in [-0.3, -0.25) is 19.2 Å². The van der Waals surface area contributed by atoms with Crippen molar-refractivity contribution in [2.75, 3.05) is 18.5 Å². The summed E-state index contributed by atoms with van der Waals surface area (Å²) in [5, 5.41) is 42.5. The Kier molecular flexibility index (Phi) is 10.4. The second-order valence-corrected chi connectivity index (χ2v) is 6.73. The molecule has 8 N–H and O–H groups in total. The lowest BCUT2D eigenvalue weighted by molar-refractivity contribution is -0.143. The van der Waals surface area contributed by atoms with Crippen LogP contribution < -0.4 is 16.4 Å². The van der Waals surface area contributed by atoms with E-state index >= 15 is 0 Å². The van der Waals surface area contributed by atoms with Gasteiger partial charge in [-0.1, -0.05) is 12.1 Å². The molecule has 1 rings (SSSR count). The molecule has 0 aromatic heterocycles. The number of anilines is 1. The van der Waals surface area contributed by atoms with Crippen molar-refractivity contribution in [1.82, 2.24) is 5.32 Å². The molecule has 5 atom stereocenters.